The van der Waals surface area contributed by atoms with Crippen LogP contribution in [0, 0.1) is 0 Å². The number of hydrogen-bond acceptors (Lipinski definition) is 5. The minimum absolute atomic E-state index is 0.0781. The molecule has 0 fully saturated rings. The lowest BCUT2D eigenvalue weighted by Gasteiger charge is -2.26. The van der Waals surface area contributed by atoms with Gasteiger partial charge < -0.3 is 19.8 Å². The summed E-state index contributed by atoms with van der Waals surface area (Å²) in [6.07, 6.45) is 76.0. The van der Waals surface area contributed by atoms with E-state index in [1.807, 2.05) is 21.1 Å². The molecule has 0 bridgehead atoms. The predicted molar refractivity (Wildman–Crippen MR) is 337 cm³/mol. The van der Waals surface area contributed by atoms with Gasteiger partial charge in [-0.15, -0.1) is 0 Å². The molecule has 0 rings (SSSR count). The Balaban J connectivity index is 3.99. The molecule has 0 aromatic rings. The van der Waals surface area contributed by atoms with Gasteiger partial charge in [0, 0.05) is 6.42 Å². The number of rotatable bonds is 65. The zero-order valence-corrected chi connectivity index (χ0v) is 53.6. The van der Waals surface area contributed by atoms with Crippen molar-refractivity contribution in [2.24, 2.45) is 0 Å². The number of nitrogens with zero attached hydrogens (tertiary/aromatic N) is 1. The van der Waals surface area contributed by atoms with Crippen LogP contribution in [0.2, 0.25) is 0 Å². The highest BCUT2D eigenvalue weighted by Gasteiger charge is 2.28. The molecular formula is C68H138N2O6P+. The first-order chi connectivity index (χ1) is 37.5. The molecule has 77 heavy (non-hydrogen) atoms. The van der Waals surface area contributed by atoms with E-state index in [4.69, 9.17) is 9.05 Å². The van der Waals surface area contributed by atoms with Gasteiger partial charge in [0.25, 0.3) is 0 Å². The fourth-order valence-electron chi connectivity index (χ4n) is 10.9. The minimum atomic E-state index is -4.33. The number of allylic oxidation sites excluding steroid dienone is 2. The molecule has 3 unspecified atom stereocenters. The molecule has 0 aromatic heterocycles. The zero-order valence-electron chi connectivity index (χ0n) is 52.7. The summed E-state index contributed by atoms with van der Waals surface area (Å²) in [4.78, 5) is 23.4. The van der Waals surface area contributed by atoms with Crippen molar-refractivity contribution in [3.63, 3.8) is 0 Å². The fraction of sp³-hybridized carbons (Fsp3) is 0.956. The lowest BCUT2D eigenvalue weighted by atomic mass is 10.0. The van der Waals surface area contributed by atoms with Crippen molar-refractivity contribution in [3.05, 3.63) is 12.2 Å². The Labute approximate surface area is 482 Å². The third kappa shape index (κ3) is 62.7. The van der Waals surface area contributed by atoms with Gasteiger partial charge in [-0.25, -0.2) is 4.57 Å². The first kappa shape index (κ1) is 76.2. The molecule has 0 radical (unpaired) electrons. The third-order valence-corrected chi connectivity index (χ3v) is 17.2. The molecule has 0 aliphatic heterocycles. The Morgan fingerprint density at radius 1 is 0.429 bits per heavy atom. The van der Waals surface area contributed by atoms with Crippen molar-refractivity contribution in [2.45, 2.75) is 379 Å². The van der Waals surface area contributed by atoms with Crippen molar-refractivity contribution in [3.8, 4) is 0 Å². The molecule has 1 amide bonds. The number of quaternary nitrogens is 1. The summed E-state index contributed by atoms with van der Waals surface area (Å²) in [6.45, 7) is 4.96. The second kappa shape index (κ2) is 59.8. The van der Waals surface area contributed by atoms with Crippen molar-refractivity contribution >= 4 is 13.7 Å². The molecule has 0 heterocycles. The van der Waals surface area contributed by atoms with Crippen LogP contribution in [0.15, 0.2) is 12.2 Å². The first-order valence-electron chi connectivity index (χ1n) is 34.6. The maximum absolute atomic E-state index is 13.1. The normalized spacial score (nSPS) is 13.7. The van der Waals surface area contributed by atoms with E-state index in [0.717, 1.165) is 38.5 Å². The van der Waals surface area contributed by atoms with Gasteiger partial charge in [-0.2, -0.15) is 0 Å². The van der Waals surface area contributed by atoms with E-state index < -0.39 is 20.0 Å². The first-order valence-corrected chi connectivity index (χ1v) is 36.0. The van der Waals surface area contributed by atoms with Crippen LogP contribution in [0.1, 0.15) is 367 Å². The molecule has 0 saturated heterocycles. The second-order valence-corrected chi connectivity index (χ2v) is 26.7. The smallest absolute Gasteiger partial charge is 0.391 e. The van der Waals surface area contributed by atoms with Crippen LogP contribution in [0.5, 0.6) is 0 Å². The summed E-state index contributed by atoms with van der Waals surface area (Å²) < 4.78 is 23.9. The Kier molecular flexibility index (Phi) is 59.3. The van der Waals surface area contributed by atoms with Crippen molar-refractivity contribution in [1.29, 1.82) is 0 Å². The summed E-state index contributed by atoms with van der Waals surface area (Å²) >= 11 is 0. The number of carbonyl (C=O) groups excluding carboxylic acids is 1. The molecule has 460 valence electrons. The van der Waals surface area contributed by atoms with Crippen LogP contribution < -0.4 is 5.32 Å². The molecule has 0 aromatic carbocycles. The number of unbranched alkanes of at least 4 members (excludes halogenated alkanes) is 50. The standard InChI is InChI=1S/C68H137N2O6P/c1-6-8-10-12-14-16-18-20-22-24-26-28-30-31-32-33-34-35-36-37-38-40-42-44-46-48-50-52-54-56-58-60-62-68(72)69-66(65-76-77(73,74)75-64-63-70(3,4)5)67(71)61-59-57-55-53-51-49-47-45-43-41-39-29-27-25-23-21-19-17-15-13-11-9-7-2/h31-32,66-67,71H,6-30,33-65H2,1-5H3,(H-,69,72,73,74)/p+1/b32-31-. The highest BCUT2D eigenvalue weighted by atomic mass is 31.2. The molecule has 9 heteroatoms. The quantitative estimate of drug-likeness (QED) is 0.0243. The number of hydrogen-bond donors (Lipinski definition) is 3. The van der Waals surface area contributed by atoms with Gasteiger partial charge in [0.2, 0.25) is 5.91 Å². The van der Waals surface area contributed by atoms with E-state index in [9.17, 15) is 19.4 Å². The van der Waals surface area contributed by atoms with Crippen LogP contribution in [0.3, 0.4) is 0 Å². The summed E-state index contributed by atoms with van der Waals surface area (Å²) in [6, 6.07) is -0.758. The molecule has 3 N–H and O–H groups in total. The Bertz CT molecular complexity index is 1260. The Morgan fingerprint density at radius 2 is 0.701 bits per heavy atom. The summed E-state index contributed by atoms with van der Waals surface area (Å²) in [5, 5.41) is 14.1. The molecule has 0 spiro atoms. The van der Waals surface area contributed by atoms with Crippen LogP contribution >= 0.6 is 7.82 Å². The van der Waals surface area contributed by atoms with Gasteiger partial charge in [-0.05, 0) is 38.5 Å². The number of amides is 1. The van der Waals surface area contributed by atoms with Crippen LogP contribution in [0.4, 0.5) is 0 Å². The average molecular weight is 1110 g/mol. The maximum Gasteiger partial charge on any atom is 0.472 e. The van der Waals surface area contributed by atoms with E-state index in [-0.39, 0.29) is 19.1 Å². The SMILES string of the molecule is CCCCCCCCCCCCCC/C=C\CCCCCCCCCCCCCCCCCCC(=O)NC(COP(=O)(O)OCC[N+](C)(C)C)C(O)CCCCCCCCCCCCCCCCCCCCCCCCC. The van der Waals surface area contributed by atoms with Crippen molar-refractivity contribution in [1.82, 2.24) is 5.32 Å². The average Bonchev–Trinajstić information content (AvgIpc) is 3.39. The lowest BCUT2D eigenvalue weighted by molar-refractivity contribution is -0.870. The van der Waals surface area contributed by atoms with Crippen molar-refractivity contribution < 1.29 is 32.9 Å². The maximum atomic E-state index is 13.1. The number of phosphoric ester groups is 1. The number of nitrogens with one attached hydrogen (secondary N) is 1. The largest absolute Gasteiger partial charge is 0.472 e. The van der Waals surface area contributed by atoms with E-state index in [0.29, 0.717) is 23.9 Å². The molecule has 0 saturated carbocycles. The van der Waals surface area contributed by atoms with Gasteiger partial charge in [0.1, 0.15) is 13.2 Å². The van der Waals surface area contributed by atoms with Crippen LogP contribution in [-0.4, -0.2) is 73.4 Å². The number of carbonyl (C=O) groups is 1. The predicted octanol–water partition coefficient (Wildman–Crippen LogP) is 21.7. The third-order valence-electron chi connectivity index (χ3n) is 16.3. The molecule has 0 aliphatic carbocycles. The van der Waals surface area contributed by atoms with E-state index in [2.05, 4.69) is 31.3 Å². The molecule has 0 aliphatic rings. The topological polar surface area (TPSA) is 105 Å². The highest BCUT2D eigenvalue weighted by Crippen LogP contribution is 2.43. The van der Waals surface area contributed by atoms with E-state index >= 15 is 0 Å². The van der Waals surface area contributed by atoms with Gasteiger partial charge in [-0.1, -0.05) is 334 Å². The second-order valence-electron chi connectivity index (χ2n) is 25.3. The monoisotopic (exact) mass is 1110 g/mol. The number of phosphoric acid groups is 1. The van der Waals surface area contributed by atoms with Gasteiger partial charge >= 0.3 is 7.82 Å². The van der Waals surface area contributed by atoms with Crippen molar-refractivity contribution in [2.75, 3.05) is 40.9 Å². The summed E-state index contributed by atoms with van der Waals surface area (Å²) in [5.41, 5.74) is 0. The lowest BCUT2D eigenvalue weighted by Crippen LogP contribution is -2.46. The van der Waals surface area contributed by atoms with E-state index in [1.54, 1.807) is 0 Å². The van der Waals surface area contributed by atoms with Gasteiger partial charge in [0.05, 0.1) is 39.9 Å². The van der Waals surface area contributed by atoms with Gasteiger partial charge in [0.15, 0.2) is 0 Å². The molecule has 8 nitrogen and oxygen atoms in total. The highest BCUT2D eigenvalue weighted by molar-refractivity contribution is 7.47. The minimum Gasteiger partial charge on any atom is -0.391 e. The van der Waals surface area contributed by atoms with E-state index in [1.165, 1.54) is 302 Å². The Morgan fingerprint density at radius 3 is 1.00 bits per heavy atom. The zero-order chi connectivity index (χ0) is 56.3. The molecular weight excluding hydrogens is 972 g/mol. The van der Waals surface area contributed by atoms with Crippen LogP contribution in [0.25, 0.3) is 0 Å². The number of aliphatic hydroxyl groups excluding tert-OH is 1. The number of likely N-dealkylation sites (N-methyl/N-ethyl adjacent to an activating group) is 1. The number of aliphatic hydroxyl groups is 1. The summed E-state index contributed by atoms with van der Waals surface area (Å²) in [5.74, 6) is -0.135. The molecule has 3 atom stereocenters. The van der Waals surface area contributed by atoms with Crippen LogP contribution in [-0.2, 0) is 18.4 Å². The van der Waals surface area contributed by atoms with Gasteiger partial charge in [-0.3, -0.25) is 13.8 Å². The summed E-state index contributed by atoms with van der Waals surface area (Å²) in [7, 11) is 1.64. The fourth-order valence-corrected chi connectivity index (χ4v) is 11.6. The Hall–Kier alpha value is -0.760.